The molecule has 4 aliphatic rings. The summed E-state index contributed by atoms with van der Waals surface area (Å²) in [5, 5.41) is 44.4. The Morgan fingerprint density at radius 3 is 2.40 bits per heavy atom. The predicted molar refractivity (Wildman–Crippen MR) is 178 cm³/mol. The lowest BCUT2D eigenvalue weighted by Gasteiger charge is -2.62. The molecular formula is C33H47I2NO6. The van der Waals surface area contributed by atoms with Crippen LogP contribution < -0.4 is 5.32 Å². The minimum absolute atomic E-state index is 0.145. The summed E-state index contributed by atoms with van der Waals surface area (Å²) in [6.07, 6.45) is 8.79. The predicted octanol–water partition coefficient (Wildman–Crippen LogP) is 6.12. The van der Waals surface area contributed by atoms with Crippen LogP contribution in [0.4, 0.5) is 0 Å². The lowest BCUT2D eigenvalue weighted by Crippen LogP contribution is -2.58. The molecule has 0 bridgehead atoms. The molecule has 0 spiro atoms. The van der Waals surface area contributed by atoms with Gasteiger partial charge < -0.3 is 25.7 Å². The fourth-order valence-electron chi connectivity index (χ4n) is 10.2. The van der Waals surface area contributed by atoms with E-state index in [0.717, 1.165) is 60.5 Å². The Labute approximate surface area is 277 Å². The van der Waals surface area contributed by atoms with E-state index in [1.165, 1.54) is 0 Å². The molecule has 11 atom stereocenters. The van der Waals surface area contributed by atoms with Gasteiger partial charge in [-0.1, -0.05) is 20.8 Å². The topological polar surface area (TPSA) is 127 Å². The SMILES string of the molecule is C[C@H](CCC(=O)N[C@@H](Cc1cc(I)c(O)cc1I)C(=O)O)[C@H]1CC[C@H]2[C@@H]3[C@H](O)CC4C[C@H](O)CC[C@]4(C)[C@H]3CC[C@]12C. The maximum absolute atomic E-state index is 13.0. The first-order valence-corrected chi connectivity index (χ1v) is 18.0. The van der Waals surface area contributed by atoms with Crippen molar-refractivity contribution in [2.45, 2.75) is 110 Å². The highest BCUT2D eigenvalue weighted by molar-refractivity contribution is 14.1. The van der Waals surface area contributed by atoms with E-state index in [4.69, 9.17) is 0 Å². The van der Waals surface area contributed by atoms with Crippen molar-refractivity contribution in [3.8, 4) is 5.75 Å². The molecule has 9 heteroatoms. The standard InChI is InChI=1S/C33H47I2NO6/c1-17(4-7-29(40)36-26(31(41)42)13-18-12-25(35)27(38)16-24(18)34)21-5-6-22-30-23(9-11-33(21,22)3)32(2)10-8-20(37)14-19(32)15-28(30)39/h12,16-17,19-23,26,28,30,37-39H,4-11,13-15H2,1-3H3,(H,36,40)(H,41,42)/t17-,19?,20-,21-,22+,23+,26+,28-,30+,32+,33-/m1/s1. The monoisotopic (exact) mass is 807 g/mol. The first kappa shape index (κ1) is 32.7. The van der Waals surface area contributed by atoms with E-state index in [2.05, 4.69) is 48.7 Å². The third-order valence-electron chi connectivity index (χ3n) is 12.4. The molecule has 234 valence electrons. The highest BCUT2D eigenvalue weighted by Gasteiger charge is 2.62. The van der Waals surface area contributed by atoms with Gasteiger partial charge in [0, 0.05) is 16.4 Å². The molecule has 1 aromatic carbocycles. The van der Waals surface area contributed by atoms with Crippen molar-refractivity contribution in [1.29, 1.82) is 0 Å². The summed E-state index contributed by atoms with van der Waals surface area (Å²) in [7, 11) is 0. The number of rotatable bonds is 8. The van der Waals surface area contributed by atoms with Crippen molar-refractivity contribution in [1.82, 2.24) is 5.32 Å². The second-order valence-corrected chi connectivity index (χ2v) is 16.9. The fraction of sp³-hybridized carbons (Fsp3) is 0.758. The Hall–Kier alpha value is -0.660. The number of nitrogens with one attached hydrogen (secondary N) is 1. The number of hydrogen-bond acceptors (Lipinski definition) is 5. The number of aliphatic hydroxyl groups excluding tert-OH is 2. The number of aliphatic carboxylic acids is 1. The van der Waals surface area contributed by atoms with Crippen LogP contribution in [-0.4, -0.2) is 50.6 Å². The largest absolute Gasteiger partial charge is 0.507 e. The van der Waals surface area contributed by atoms with Gasteiger partial charge in [-0.05, 0) is 167 Å². The number of amides is 1. The molecule has 4 fully saturated rings. The van der Waals surface area contributed by atoms with E-state index in [-0.39, 0.29) is 41.1 Å². The molecule has 0 aromatic heterocycles. The highest BCUT2D eigenvalue weighted by Crippen LogP contribution is 2.68. The number of carbonyl (C=O) groups excluding carboxylic acids is 1. The molecule has 0 radical (unpaired) electrons. The molecule has 0 saturated heterocycles. The smallest absolute Gasteiger partial charge is 0.326 e. The van der Waals surface area contributed by atoms with Crippen molar-refractivity contribution in [2.24, 2.45) is 46.3 Å². The number of halogens is 2. The Morgan fingerprint density at radius 1 is 1.00 bits per heavy atom. The van der Waals surface area contributed by atoms with Crippen molar-refractivity contribution in [3.05, 3.63) is 24.8 Å². The van der Waals surface area contributed by atoms with Crippen molar-refractivity contribution < 1.29 is 30.0 Å². The average Bonchev–Trinajstić information content (AvgIpc) is 3.28. The number of carboxylic acids is 1. The van der Waals surface area contributed by atoms with Gasteiger partial charge in [-0.25, -0.2) is 4.79 Å². The average molecular weight is 808 g/mol. The molecule has 0 aliphatic heterocycles. The lowest BCUT2D eigenvalue weighted by atomic mass is 9.43. The number of carbonyl (C=O) groups is 2. The Morgan fingerprint density at radius 2 is 1.69 bits per heavy atom. The van der Waals surface area contributed by atoms with Crippen LogP contribution in [0.2, 0.25) is 0 Å². The van der Waals surface area contributed by atoms with E-state index >= 15 is 0 Å². The molecule has 42 heavy (non-hydrogen) atoms. The zero-order valence-electron chi connectivity index (χ0n) is 25.0. The molecule has 1 unspecified atom stereocenters. The Bertz CT molecular complexity index is 1200. The Balaban J connectivity index is 1.20. The summed E-state index contributed by atoms with van der Waals surface area (Å²) in [4.78, 5) is 25.0. The van der Waals surface area contributed by atoms with Crippen LogP contribution in [0.3, 0.4) is 0 Å². The van der Waals surface area contributed by atoms with Crippen LogP contribution in [0, 0.1) is 53.5 Å². The minimum Gasteiger partial charge on any atom is -0.507 e. The summed E-state index contributed by atoms with van der Waals surface area (Å²) in [5.41, 5.74) is 1.14. The first-order valence-electron chi connectivity index (χ1n) is 15.8. The Kier molecular flexibility index (Phi) is 9.83. The van der Waals surface area contributed by atoms with E-state index in [1.54, 1.807) is 12.1 Å². The van der Waals surface area contributed by atoms with Crippen LogP contribution in [-0.2, 0) is 16.0 Å². The van der Waals surface area contributed by atoms with Crippen LogP contribution in [0.5, 0.6) is 5.75 Å². The molecule has 7 nitrogen and oxygen atoms in total. The fourth-order valence-corrected chi connectivity index (χ4v) is 11.4. The third-order valence-corrected chi connectivity index (χ3v) is 14.3. The second-order valence-electron chi connectivity index (χ2n) is 14.5. The molecule has 0 heterocycles. The van der Waals surface area contributed by atoms with Crippen LogP contribution >= 0.6 is 45.2 Å². The molecule has 4 saturated carbocycles. The zero-order valence-corrected chi connectivity index (χ0v) is 29.3. The van der Waals surface area contributed by atoms with Gasteiger partial charge in [0.05, 0.1) is 15.8 Å². The summed E-state index contributed by atoms with van der Waals surface area (Å²) in [6, 6.07) is 2.37. The van der Waals surface area contributed by atoms with E-state index in [0.29, 0.717) is 51.9 Å². The molecule has 1 aromatic rings. The van der Waals surface area contributed by atoms with Gasteiger partial charge in [-0.2, -0.15) is 0 Å². The van der Waals surface area contributed by atoms with Crippen molar-refractivity contribution >= 4 is 57.1 Å². The van der Waals surface area contributed by atoms with Gasteiger partial charge >= 0.3 is 5.97 Å². The summed E-state index contributed by atoms with van der Waals surface area (Å²) in [5.74, 6) is 1.42. The number of hydrogen-bond donors (Lipinski definition) is 5. The van der Waals surface area contributed by atoms with Gasteiger partial charge in [-0.3, -0.25) is 4.79 Å². The summed E-state index contributed by atoms with van der Waals surface area (Å²) < 4.78 is 1.42. The molecule has 1 amide bonds. The number of phenols is 1. The third kappa shape index (κ3) is 6.10. The number of carboxylic acid groups (broad SMARTS) is 1. The number of aromatic hydroxyl groups is 1. The number of phenolic OH excluding ortho intramolecular Hbond substituents is 1. The molecule has 4 aliphatic carbocycles. The summed E-state index contributed by atoms with van der Waals surface area (Å²) in [6.45, 7) is 7.14. The van der Waals surface area contributed by atoms with E-state index in [1.807, 2.05) is 22.6 Å². The first-order chi connectivity index (χ1) is 19.7. The van der Waals surface area contributed by atoms with Crippen LogP contribution in [0.1, 0.15) is 90.5 Å². The van der Waals surface area contributed by atoms with Crippen LogP contribution in [0.15, 0.2) is 12.1 Å². The van der Waals surface area contributed by atoms with Gasteiger partial charge in [-0.15, -0.1) is 0 Å². The number of fused-ring (bicyclic) bond motifs is 5. The second kappa shape index (κ2) is 12.6. The van der Waals surface area contributed by atoms with Crippen molar-refractivity contribution in [3.63, 3.8) is 0 Å². The van der Waals surface area contributed by atoms with Gasteiger partial charge in [0.15, 0.2) is 0 Å². The van der Waals surface area contributed by atoms with Gasteiger partial charge in [0.25, 0.3) is 0 Å². The zero-order chi connectivity index (χ0) is 30.6. The minimum atomic E-state index is -1.06. The lowest BCUT2D eigenvalue weighted by molar-refractivity contribution is -0.174. The van der Waals surface area contributed by atoms with E-state index < -0.39 is 12.0 Å². The molecule has 5 N–H and O–H groups in total. The molecular weight excluding hydrogens is 760 g/mol. The van der Waals surface area contributed by atoms with E-state index in [9.17, 15) is 30.0 Å². The maximum atomic E-state index is 13.0. The maximum Gasteiger partial charge on any atom is 0.326 e. The van der Waals surface area contributed by atoms with Crippen molar-refractivity contribution in [2.75, 3.05) is 0 Å². The van der Waals surface area contributed by atoms with Crippen LogP contribution in [0.25, 0.3) is 0 Å². The molecule has 5 rings (SSSR count). The normalized spacial score (nSPS) is 39.0. The number of aliphatic hydroxyl groups is 2. The highest BCUT2D eigenvalue weighted by atomic mass is 127. The summed E-state index contributed by atoms with van der Waals surface area (Å²) >= 11 is 4.10. The van der Waals surface area contributed by atoms with Gasteiger partial charge in [0.2, 0.25) is 5.91 Å². The quantitative estimate of drug-likeness (QED) is 0.202. The van der Waals surface area contributed by atoms with Gasteiger partial charge in [0.1, 0.15) is 11.8 Å². The number of benzene rings is 1.